The lowest BCUT2D eigenvalue weighted by Gasteiger charge is -2.48. The number of nitrogens with zero attached hydrogens (tertiary/aromatic N) is 1. The summed E-state index contributed by atoms with van der Waals surface area (Å²) in [6.07, 6.45) is 6.66. The van der Waals surface area contributed by atoms with Crippen molar-refractivity contribution in [3.05, 3.63) is 0 Å². The second kappa shape index (κ2) is 7.24. The van der Waals surface area contributed by atoms with Crippen molar-refractivity contribution in [1.29, 1.82) is 0 Å². The fourth-order valence-corrected chi connectivity index (χ4v) is 4.12. The molecule has 0 aromatic carbocycles. The van der Waals surface area contributed by atoms with E-state index in [-0.39, 0.29) is 0 Å². The number of ether oxygens (including phenoxy) is 1. The van der Waals surface area contributed by atoms with Gasteiger partial charge in [-0.05, 0) is 63.1 Å². The van der Waals surface area contributed by atoms with E-state index in [2.05, 4.69) is 31.0 Å². The first kappa shape index (κ1) is 16.3. The van der Waals surface area contributed by atoms with Crippen LogP contribution in [0.15, 0.2) is 0 Å². The highest BCUT2D eigenvalue weighted by Gasteiger charge is 2.38. The van der Waals surface area contributed by atoms with Crippen LogP contribution < -0.4 is 5.32 Å². The van der Waals surface area contributed by atoms with Gasteiger partial charge in [0.2, 0.25) is 0 Å². The van der Waals surface area contributed by atoms with Gasteiger partial charge in [-0.15, -0.1) is 0 Å². The van der Waals surface area contributed by atoms with Crippen molar-refractivity contribution in [3.8, 4) is 0 Å². The third kappa shape index (κ3) is 4.19. The van der Waals surface area contributed by atoms with Crippen LogP contribution >= 0.6 is 0 Å². The number of methoxy groups -OCH3 is 1. The summed E-state index contributed by atoms with van der Waals surface area (Å²) in [5, 5.41) is 3.74. The van der Waals surface area contributed by atoms with E-state index in [0.717, 1.165) is 25.1 Å². The minimum Gasteiger partial charge on any atom is -0.384 e. The molecule has 2 unspecified atom stereocenters. The van der Waals surface area contributed by atoms with Crippen molar-refractivity contribution in [3.63, 3.8) is 0 Å². The molecule has 3 heteroatoms. The SMILES string of the molecule is CCNC1CCC(C)(C)CC1N1CCC(COC)CC1. The molecule has 1 aliphatic carbocycles. The van der Waals surface area contributed by atoms with Gasteiger partial charge in [0.25, 0.3) is 0 Å². The van der Waals surface area contributed by atoms with Crippen LogP contribution in [0.25, 0.3) is 0 Å². The van der Waals surface area contributed by atoms with E-state index in [9.17, 15) is 0 Å². The molecule has 1 aliphatic heterocycles. The van der Waals surface area contributed by atoms with Crippen molar-refractivity contribution < 1.29 is 4.74 Å². The van der Waals surface area contributed by atoms with Crippen molar-refractivity contribution in [2.24, 2.45) is 11.3 Å². The van der Waals surface area contributed by atoms with E-state index >= 15 is 0 Å². The van der Waals surface area contributed by atoms with Gasteiger partial charge in [0.15, 0.2) is 0 Å². The van der Waals surface area contributed by atoms with Crippen LogP contribution in [-0.2, 0) is 4.74 Å². The molecule has 1 N–H and O–H groups in total. The van der Waals surface area contributed by atoms with Crippen molar-refractivity contribution in [1.82, 2.24) is 10.2 Å². The normalized spacial score (nSPS) is 32.4. The zero-order chi connectivity index (χ0) is 14.6. The van der Waals surface area contributed by atoms with Gasteiger partial charge in [-0.1, -0.05) is 20.8 Å². The van der Waals surface area contributed by atoms with Crippen molar-refractivity contribution >= 4 is 0 Å². The zero-order valence-electron chi connectivity index (χ0n) is 14.0. The van der Waals surface area contributed by atoms with Crippen LogP contribution in [0.4, 0.5) is 0 Å². The second-order valence-electron chi connectivity index (χ2n) is 7.57. The quantitative estimate of drug-likeness (QED) is 0.839. The van der Waals surface area contributed by atoms with E-state index in [1.807, 2.05) is 7.11 Å². The first-order valence-electron chi connectivity index (χ1n) is 8.52. The maximum absolute atomic E-state index is 5.32. The topological polar surface area (TPSA) is 24.5 Å². The molecule has 0 spiro atoms. The van der Waals surface area contributed by atoms with Crippen LogP contribution in [0.5, 0.6) is 0 Å². The highest BCUT2D eigenvalue weighted by atomic mass is 16.5. The molecule has 1 saturated carbocycles. The van der Waals surface area contributed by atoms with Crippen LogP contribution in [0.3, 0.4) is 0 Å². The maximum Gasteiger partial charge on any atom is 0.0491 e. The molecule has 0 amide bonds. The Morgan fingerprint density at radius 1 is 1.20 bits per heavy atom. The summed E-state index contributed by atoms with van der Waals surface area (Å²) in [6, 6.07) is 1.44. The Balaban J connectivity index is 1.93. The number of nitrogens with one attached hydrogen (secondary N) is 1. The Morgan fingerprint density at radius 2 is 1.90 bits per heavy atom. The summed E-state index contributed by atoms with van der Waals surface area (Å²) in [5.41, 5.74) is 0.514. The Hall–Kier alpha value is -0.120. The number of likely N-dealkylation sites (N-methyl/N-ethyl adjacent to an activating group) is 1. The molecule has 2 rings (SSSR count). The minimum atomic E-state index is 0.514. The van der Waals surface area contributed by atoms with Crippen molar-refractivity contribution in [2.75, 3.05) is 33.4 Å². The van der Waals surface area contributed by atoms with E-state index in [0.29, 0.717) is 11.5 Å². The molecule has 0 aromatic heterocycles. The molecule has 0 aromatic rings. The lowest BCUT2D eigenvalue weighted by molar-refractivity contribution is 0.0279. The third-order valence-corrected chi connectivity index (χ3v) is 5.35. The van der Waals surface area contributed by atoms with Gasteiger partial charge in [0.1, 0.15) is 0 Å². The van der Waals surface area contributed by atoms with Gasteiger partial charge in [-0.25, -0.2) is 0 Å². The predicted octanol–water partition coefficient (Wildman–Crippen LogP) is 2.90. The second-order valence-corrected chi connectivity index (χ2v) is 7.57. The Kier molecular flexibility index (Phi) is 5.88. The number of piperidine rings is 1. The fourth-order valence-electron chi connectivity index (χ4n) is 4.12. The average Bonchev–Trinajstić information content (AvgIpc) is 2.42. The highest BCUT2D eigenvalue weighted by Crippen LogP contribution is 2.38. The van der Waals surface area contributed by atoms with Gasteiger partial charge in [0, 0.05) is 25.8 Å². The first-order valence-corrected chi connectivity index (χ1v) is 8.52. The number of hydrogen-bond acceptors (Lipinski definition) is 3. The van der Waals surface area contributed by atoms with Gasteiger partial charge in [-0.2, -0.15) is 0 Å². The van der Waals surface area contributed by atoms with Crippen LogP contribution in [0.1, 0.15) is 52.9 Å². The molecular weight excluding hydrogens is 248 g/mol. The van der Waals surface area contributed by atoms with Crippen molar-refractivity contribution in [2.45, 2.75) is 65.0 Å². The summed E-state index contributed by atoms with van der Waals surface area (Å²) in [7, 11) is 1.83. The molecule has 1 saturated heterocycles. The van der Waals surface area contributed by atoms with Crippen LogP contribution in [-0.4, -0.2) is 50.3 Å². The molecular formula is C17H34N2O. The van der Waals surface area contributed by atoms with Gasteiger partial charge < -0.3 is 10.1 Å². The minimum absolute atomic E-state index is 0.514. The standard InChI is InChI=1S/C17H34N2O/c1-5-18-15-6-9-17(2,3)12-16(15)19-10-7-14(8-11-19)13-20-4/h14-16,18H,5-13H2,1-4H3. The van der Waals surface area contributed by atoms with Gasteiger partial charge in [0.05, 0.1) is 0 Å². The lowest BCUT2D eigenvalue weighted by atomic mass is 9.72. The molecule has 2 fully saturated rings. The molecule has 0 bridgehead atoms. The Bertz CT molecular complexity index is 285. The largest absolute Gasteiger partial charge is 0.384 e. The summed E-state index contributed by atoms with van der Waals surface area (Å²) < 4.78 is 5.32. The fraction of sp³-hybridized carbons (Fsp3) is 1.00. The maximum atomic E-state index is 5.32. The number of likely N-dealkylation sites (tertiary alicyclic amines) is 1. The predicted molar refractivity (Wildman–Crippen MR) is 85.1 cm³/mol. The number of hydrogen-bond donors (Lipinski definition) is 1. The van der Waals surface area contributed by atoms with Crippen LogP contribution in [0.2, 0.25) is 0 Å². The summed E-state index contributed by atoms with van der Waals surface area (Å²) in [6.45, 7) is 11.7. The number of rotatable bonds is 5. The summed E-state index contributed by atoms with van der Waals surface area (Å²) in [5.74, 6) is 0.783. The molecule has 0 radical (unpaired) electrons. The first-order chi connectivity index (χ1) is 9.55. The molecule has 118 valence electrons. The molecule has 20 heavy (non-hydrogen) atoms. The smallest absolute Gasteiger partial charge is 0.0491 e. The van der Waals surface area contributed by atoms with Gasteiger partial charge in [-0.3, -0.25) is 4.90 Å². The summed E-state index contributed by atoms with van der Waals surface area (Å²) >= 11 is 0. The monoisotopic (exact) mass is 282 g/mol. The Morgan fingerprint density at radius 3 is 2.50 bits per heavy atom. The molecule has 2 atom stereocenters. The van der Waals surface area contributed by atoms with E-state index in [1.165, 1.54) is 45.2 Å². The van der Waals surface area contributed by atoms with Crippen LogP contribution in [0, 0.1) is 11.3 Å². The van der Waals surface area contributed by atoms with E-state index < -0.39 is 0 Å². The molecule has 2 aliphatic rings. The van der Waals surface area contributed by atoms with E-state index in [1.54, 1.807) is 0 Å². The summed E-state index contributed by atoms with van der Waals surface area (Å²) in [4.78, 5) is 2.76. The Labute approximate surface area is 125 Å². The van der Waals surface area contributed by atoms with E-state index in [4.69, 9.17) is 4.74 Å². The molecule has 3 nitrogen and oxygen atoms in total. The third-order valence-electron chi connectivity index (χ3n) is 5.35. The highest BCUT2D eigenvalue weighted by molar-refractivity contribution is 4.95. The van der Waals surface area contributed by atoms with Gasteiger partial charge >= 0.3 is 0 Å². The average molecular weight is 282 g/mol. The lowest BCUT2D eigenvalue weighted by Crippen LogP contribution is -2.56. The molecule has 1 heterocycles. The zero-order valence-corrected chi connectivity index (χ0v) is 14.0.